The van der Waals surface area contributed by atoms with Crippen LogP contribution in [0.5, 0.6) is 0 Å². The molecule has 0 aliphatic rings. The fourth-order valence-corrected chi connectivity index (χ4v) is 0.832. The molecule has 7 heteroatoms. The largest absolute Gasteiger partial charge is 0.481 e. The lowest BCUT2D eigenvalue weighted by molar-refractivity contribution is -0.138. The maximum Gasteiger partial charge on any atom is 0.321 e. The summed E-state index contributed by atoms with van der Waals surface area (Å²) in [6.07, 6.45) is 2.91. The van der Waals surface area contributed by atoms with Crippen LogP contribution in [0.15, 0.2) is 0 Å². The van der Waals surface area contributed by atoms with Gasteiger partial charge in [0.2, 0.25) is 0 Å². The highest BCUT2D eigenvalue weighted by atomic mass is 32.1. The Morgan fingerprint density at radius 2 is 1.75 bits per heavy atom. The molecule has 1 atom stereocenters. The second-order valence-electron chi connectivity index (χ2n) is 3.12. The third-order valence-corrected chi connectivity index (χ3v) is 2.00. The van der Waals surface area contributed by atoms with E-state index in [1.54, 1.807) is 0 Å². The maximum absolute atomic E-state index is 9.93. The Hall–Kier alpha value is -0.790. The van der Waals surface area contributed by atoms with Crippen molar-refractivity contribution < 1.29 is 19.8 Å². The van der Waals surface area contributed by atoms with Gasteiger partial charge in [-0.15, -0.1) is 0 Å². The first-order valence-electron chi connectivity index (χ1n) is 4.96. The molecule has 0 bridgehead atoms. The van der Waals surface area contributed by atoms with Gasteiger partial charge in [0.25, 0.3) is 0 Å². The lowest BCUT2D eigenvalue weighted by atomic mass is 10.2. The highest BCUT2D eigenvalue weighted by Gasteiger charge is 2.06. The van der Waals surface area contributed by atoms with Crippen molar-refractivity contribution in [2.24, 2.45) is 11.5 Å². The van der Waals surface area contributed by atoms with Gasteiger partial charge in [0, 0.05) is 12.2 Å². The second kappa shape index (κ2) is 12.3. The zero-order chi connectivity index (χ0) is 13.0. The van der Waals surface area contributed by atoms with Crippen LogP contribution in [0.2, 0.25) is 0 Å². The van der Waals surface area contributed by atoms with Crippen LogP contribution in [0.3, 0.4) is 0 Å². The summed E-state index contributed by atoms with van der Waals surface area (Å²) in [5, 5.41) is 16.2. The lowest BCUT2D eigenvalue weighted by Gasteiger charge is -1.96. The second-order valence-corrected chi connectivity index (χ2v) is 3.49. The Labute approximate surface area is 100 Å². The molecule has 0 unspecified atom stereocenters. The molecule has 0 amide bonds. The average Bonchev–Trinajstić information content (AvgIpc) is 2.23. The highest BCUT2D eigenvalue weighted by molar-refractivity contribution is 7.80. The predicted molar refractivity (Wildman–Crippen MR) is 64.6 cm³/mol. The number of nitrogens with two attached hydrogens (primary N) is 2. The fourth-order valence-electron chi connectivity index (χ4n) is 0.675. The Morgan fingerprint density at radius 3 is 2.00 bits per heavy atom. The molecule has 0 aromatic rings. The normalized spacial score (nSPS) is 11.2. The Kier molecular flexibility index (Phi) is 13.5. The van der Waals surface area contributed by atoms with E-state index in [9.17, 15) is 9.59 Å². The fraction of sp³-hybridized carbons (Fsp3) is 0.778. The molecule has 6 nitrogen and oxygen atoms in total. The molecule has 0 radical (unpaired) electrons. The number of carboxylic acids is 2. The van der Waals surface area contributed by atoms with E-state index in [4.69, 9.17) is 21.7 Å². The Balaban J connectivity index is 0. The van der Waals surface area contributed by atoms with Crippen LogP contribution in [0.25, 0.3) is 0 Å². The first-order chi connectivity index (χ1) is 7.45. The van der Waals surface area contributed by atoms with Crippen LogP contribution in [-0.4, -0.2) is 40.5 Å². The van der Waals surface area contributed by atoms with Gasteiger partial charge in [-0.3, -0.25) is 9.59 Å². The van der Waals surface area contributed by atoms with Gasteiger partial charge >= 0.3 is 11.9 Å². The molecule has 0 aliphatic heterocycles. The molecule has 0 saturated carbocycles. The Morgan fingerprint density at radius 1 is 1.19 bits per heavy atom. The van der Waals surface area contributed by atoms with Gasteiger partial charge < -0.3 is 21.7 Å². The van der Waals surface area contributed by atoms with Crippen molar-refractivity contribution in [3.63, 3.8) is 0 Å². The molecule has 16 heavy (non-hydrogen) atoms. The molecule has 6 N–H and O–H groups in total. The number of aliphatic carboxylic acids is 2. The average molecular weight is 252 g/mol. The van der Waals surface area contributed by atoms with E-state index in [0.29, 0.717) is 6.54 Å². The zero-order valence-electron chi connectivity index (χ0n) is 9.13. The molecule has 0 heterocycles. The molecule has 0 saturated heterocycles. The van der Waals surface area contributed by atoms with Crippen molar-refractivity contribution in [2.75, 3.05) is 12.3 Å². The van der Waals surface area contributed by atoms with Crippen LogP contribution < -0.4 is 11.5 Å². The van der Waals surface area contributed by atoms with Gasteiger partial charge in [0.1, 0.15) is 6.04 Å². The third-order valence-electron chi connectivity index (χ3n) is 1.61. The number of hydrogen-bond donors (Lipinski definition) is 5. The van der Waals surface area contributed by atoms with E-state index in [1.165, 1.54) is 0 Å². The van der Waals surface area contributed by atoms with Crippen LogP contribution in [-0.2, 0) is 9.59 Å². The molecule has 96 valence electrons. The molecule has 0 rings (SSSR count). The number of carboxylic acid groups (broad SMARTS) is 2. The molecular formula is C9H20N2O4S. The quantitative estimate of drug-likeness (QED) is 0.318. The molecular weight excluding hydrogens is 232 g/mol. The van der Waals surface area contributed by atoms with Crippen molar-refractivity contribution in [1.82, 2.24) is 0 Å². The summed E-state index contributed by atoms with van der Waals surface area (Å²) in [7, 11) is 0. The van der Waals surface area contributed by atoms with Crippen molar-refractivity contribution >= 4 is 24.6 Å². The van der Waals surface area contributed by atoms with E-state index in [2.05, 4.69) is 12.6 Å². The van der Waals surface area contributed by atoms with Crippen LogP contribution in [0, 0.1) is 0 Å². The summed E-state index contributed by atoms with van der Waals surface area (Å²) in [5.41, 5.74) is 10.1. The molecule has 0 aliphatic carbocycles. The van der Waals surface area contributed by atoms with E-state index in [-0.39, 0.29) is 12.2 Å². The van der Waals surface area contributed by atoms with Crippen LogP contribution in [0.1, 0.15) is 25.7 Å². The van der Waals surface area contributed by atoms with Crippen LogP contribution >= 0.6 is 12.6 Å². The smallest absolute Gasteiger partial charge is 0.321 e. The van der Waals surface area contributed by atoms with Gasteiger partial charge in [-0.25, -0.2) is 0 Å². The van der Waals surface area contributed by atoms with Gasteiger partial charge in [0.05, 0.1) is 0 Å². The number of carbonyl (C=O) groups is 2. The van der Waals surface area contributed by atoms with Gasteiger partial charge in [0.15, 0.2) is 0 Å². The molecule has 0 aromatic heterocycles. The van der Waals surface area contributed by atoms with Gasteiger partial charge in [-0.1, -0.05) is 6.42 Å². The SMILES string of the molecule is NCCCCCC(=O)O.N[C@@H](CS)C(=O)O. The topological polar surface area (TPSA) is 127 Å². The van der Waals surface area contributed by atoms with Crippen molar-refractivity contribution in [1.29, 1.82) is 0 Å². The predicted octanol–water partition coefficient (Wildman–Crippen LogP) is -0.0818. The first-order valence-corrected chi connectivity index (χ1v) is 5.60. The summed E-state index contributed by atoms with van der Waals surface area (Å²) in [5.74, 6) is -1.53. The number of unbranched alkanes of at least 4 members (excludes halogenated alkanes) is 2. The molecule has 0 fully saturated rings. The van der Waals surface area contributed by atoms with Gasteiger partial charge in [-0.2, -0.15) is 12.6 Å². The molecule has 0 aromatic carbocycles. The van der Waals surface area contributed by atoms with Crippen LogP contribution in [0.4, 0.5) is 0 Å². The lowest BCUT2D eigenvalue weighted by Crippen LogP contribution is -2.31. The van der Waals surface area contributed by atoms with E-state index in [1.807, 2.05) is 0 Å². The summed E-state index contributed by atoms with van der Waals surface area (Å²) < 4.78 is 0. The highest BCUT2D eigenvalue weighted by Crippen LogP contribution is 1.97. The monoisotopic (exact) mass is 252 g/mol. The van der Waals surface area contributed by atoms with Crippen molar-refractivity contribution in [2.45, 2.75) is 31.7 Å². The summed E-state index contributed by atoms with van der Waals surface area (Å²) in [6.45, 7) is 0.666. The maximum atomic E-state index is 9.93. The Bertz CT molecular complexity index is 202. The van der Waals surface area contributed by atoms with Crippen molar-refractivity contribution in [3.05, 3.63) is 0 Å². The summed E-state index contributed by atoms with van der Waals surface area (Å²) >= 11 is 3.65. The van der Waals surface area contributed by atoms with E-state index >= 15 is 0 Å². The number of hydrogen-bond acceptors (Lipinski definition) is 5. The van der Waals surface area contributed by atoms with Crippen molar-refractivity contribution in [3.8, 4) is 0 Å². The summed E-state index contributed by atoms with van der Waals surface area (Å²) in [6, 6.07) is -0.816. The first kappa shape index (κ1) is 17.6. The minimum Gasteiger partial charge on any atom is -0.481 e. The minimum atomic E-state index is -1.00. The number of thiol groups is 1. The standard InChI is InChI=1S/C6H13NO2.C3H7NO2S/c7-5-3-1-2-4-6(8)9;4-2(1-7)3(5)6/h1-5,7H2,(H,8,9);2,7H,1,4H2,(H,5,6)/t;2-/m.0/s1. The van der Waals surface area contributed by atoms with Gasteiger partial charge in [-0.05, 0) is 19.4 Å². The third kappa shape index (κ3) is 15.7. The minimum absolute atomic E-state index is 0.190. The zero-order valence-corrected chi connectivity index (χ0v) is 10.0. The number of rotatable bonds is 7. The molecule has 0 spiro atoms. The van der Waals surface area contributed by atoms with E-state index < -0.39 is 18.0 Å². The summed E-state index contributed by atoms with van der Waals surface area (Å²) in [4.78, 5) is 19.7. The van der Waals surface area contributed by atoms with E-state index in [0.717, 1.165) is 19.3 Å².